The summed E-state index contributed by atoms with van der Waals surface area (Å²) in [5.41, 5.74) is 2.24. The maximum atomic E-state index is 12.2. The van der Waals surface area contributed by atoms with Gasteiger partial charge >= 0.3 is 0 Å². The predicted octanol–water partition coefficient (Wildman–Crippen LogP) is 1.89. The third-order valence-electron chi connectivity index (χ3n) is 3.53. The van der Waals surface area contributed by atoms with E-state index in [1.54, 1.807) is 21.6 Å². The summed E-state index contributed by atoms with van der Waals surface area (Å²) in [6.07, 6.45) is 3.61. The molecule has 0 aliphatic carbocycles. The number of nitrogens with one attached hydrogen (secondary N) is 1. The van der Waals surface area contributed by atoms with Crippen molar-refractivity contribution in [2.45, 2.75) is 20.2 Å². The van der Waals surface area contributed by atoms with Crippen LogP contribution in [0.1, 0.15) is 21.7 Å². The van der Waals surface area contributed by atoms with Gasteiger partial charge in [-0.05, 0) is 25.1 Å². The Balaban J connectivity index is 1.54. The number of amides is 1. The van der Waals surface area contributed by atoms with Crippen LogP contribution in [-0.2, 0) is 20.3 Å². The van der Waals surface area contributed by atoms with E-state index in [-0.39, 0.29) is 12.6 Å². The van der Waals surface area contributed by atoms with Crippen molar-refractivity contribution < 1.29 is 9.53 Å². The van der Waals surface area contributed by atoms with Crippen molar-refractivity contribution in [3.63, 3.8) is 0 Å². The molecule has 0 aliphatic heterocycles. The van der Waals surface area contributed by atoms with Crippen LogP contribution in [0.3, 0.4) is 0 Å². The summed E-state index contributed by atoms with van der Waals surface area (Å²) in [6.45, 7) is 2.59. The first-order valence-corrected chi connectivity index (χ1v) is 7.60. The van der Waals surface area contributed by atoms with Crippen LogP contribution in [0.5, 0.6) is 5.75 Å². The highest BCUT2D eigenvalue weighted by molar-refractivity contribution is 5.92. The number of nitrogens with zero attached hydrogens (tertiary/aromatic N) is 4. The van der Waals surface area contributed by atoms with Gasteiger partial charge in [0.15, 0.2) is 6.73 Å². The second-order valence-corrected chi connectivity index (χ2v) is 5.42. The van der Waals surface area contributed by atoms with Gasteiger partial charge in [0.05, 0.1) is 5.69 Å². The summed E-state index contributed by atoms with van der Waals surface area (Å²) in [5.74, 6) is 0.530. The van der Waals surface area contributed by atoms with Crippen molar-refractivity contribution >= 4 is 5.91 Å². The molecular weight excluding hydrogens is 306 g/mol. The Morgan fingerprint density at radius 1 is 1.21 bits per heavy atom. The van der Waals surface area contributed by atoms with Gasteiger partial charge in [0.25, 0.3) is 5.91 Å². The number of rotatable bonds is 6. The zero-order valence-electron chi connectivity index (χ0n) is 13.6. The number of ether oxygens (including phenoxy) is 1. The van der Waals surface area contributed by atoms with E-state index in [0.717, 1.165) is 17.0 Å². The fourth-order valence-corrected chi connectivity index (χ4v) is 2.30. The molecule has 0 saturated heterocycles. The highest BCUT2D eigenvalue weighted by Gasteiger charge is 2.11. The first-order chi connectivity index (χ1) is 11.6. The molecule has 3 rings (SSSR count). The van der Waals surface area contributed by atoms with Crippen LogP contribution in [0.15, 0.2) is 48.8 Å². The van der Waals surface area contributed by atoms with E-state index in [2.05, 4.69) is 15.5 Å². The highest BCUT2D eigenvalue weighted by Crippen LogP contribution is 2.09. The third kappa shape index (κ3) is 3.81. The zero-order valence-corrected chi connectivity index (χ0v) is 13.6. The molecule has 0 atom stereocenters. The molecule has 0 bridgehead atoms. The Bertz CT molecular complexity index is 823. The summed E-state index contributed by atoms with van der Waals surface area (Å²) >= 11 is 0. The third-order valence-corrected chi connectivity index (χ3v) is 3.53. The van der Waals surface area contributed by atoms with Crippen LogP contribution in [0, 0.1) is 6.92 Å². The minimum atomic E-state index is -0.225. The van der Waals surface area contributed by atoms with E-state index in [1.165, 1.54) is 0 Å². The summed E-state index contributed by atoms with van der Waals surface area (Å²) in [4.78, 5) is 12.2. The molecule has 0 aliphatic rings. The molecule has 24 heavy (non-hydrogen) atoms. The van der Waals surface area contributed by atoms with E-state index >= 15 is 0 Å². The van der Waals surface area contributed by atoms with E-state index in [1.807, 2.05) is 50.5 Å². The largest absolute Gasteiger partial charge is 0.471 e. The number of carbonyl (C=O) groups is 1. The zero-order chi connectivity index (χ0) is 16.9. The van der Waals surface area contributed by atoms with E-state index in [9.17, 15) is 4.79 Å². The number of hydrogen-bond donors (Lipinski definition) is 1. The number of para-hydroxylation sites is 1. The van der Waals surface area contributed by atoms with Crippen molar-refractivity contribution in [3.8, 4) is 5.75 Å². The Morgan fingerprint density at radius 2 is 2.00 bits per heavy atom. The topological polar surface area (TPSA) is 74.0 Å². The SMILES string of the molecule is Cc1nn(C)cc1CNC(=O)c1ccn(COc2ccccc2)n1. The Labute approximate surface area is 139 Å². The number of carbonyl (C=O) groups excluding carboxylic acids is 1. The molecule has 0 fully saturated rings. The van der Waals surface area contributed by atoms with Crippen molar-refractivity contribution in [2.24, 2.45) is 7.05 Å². The molecule has 7 heteroatoms. The van der Waals surface area contributed by atoms with Gasteiger partial charge < -0.3 is 10.1 Å². The summed E-state index contributed by atoms with van der Waals surface area (Å²) in [5, 5.41) is 11.3. The molecule has 2 aromatic heterocycles. The number of benzene rings is 1. The smallest absolute Gasteiger partial charge is 0.272 e. The lowest BCUT2D eigenvalue weighted by Crippen LogP contribution is -2.23. The maximum absolute atomic E-state index is 12.2. The van der Waals surface area contributed by atoms with Gasteiger partial charge in [0, 0.05) is 31.5 Å². The molecule has 0 unspecified atom stereocenters. The van der Waals surface area contributed by atoms with Gasteiger partial charge in [-0.2, -0.15) is 10.2 Å². The van der Waals surface area contributed by atoms with Crippen molar-refractivity contribution in [1.29, 1.82) is 0 Å². The van der Waals surface area contributed by atoms with Gasteiger partial charge in [-0.25, -0.2) is 4.68 Å². The fourth-order valence-electron chi connectivity index (χ4n) is 2.30. The van der Waals surface area contributed by atoms with Gasteiger partial charge in [-0.15, -0.1) is 0 Å². The number of hydrogen-bond acceptors (Lipinski definition) is 4. The summed E-state index contributed by atoms with van der Waals surface area (Å²) < 4.78 is 8.90. The molecule has 1 N–H and O–H groups in total. The predicted molar refractivity (Wildman–Crippen MR) is 88.4 cm³/mol. The molecule has 1 aromatic carbocycles. The maximum Gasteiger partial charge on any atom is 0.272 e. The normalized spacial score (nSPS) is 10.6. The lowest BCUT2D eigenvalue weighted by atomic mass is 10.2. The van der Waals surface area contributed by atoms with Crippen LogP contribution in [-0.4, -0.2) is 25.5 Å². The van der Waals surface area contributed by atoms with E-state index < -0.39 is 0 Å². The standard InChI is InChI=1S/C17H19N5O2/c1-13-14(11-21(2)19-13)10-18-17(23)16-8-9-22(20-16)12-24-15-6-4-3-5-7-15/h3-9,11H,10,12H2,1-2H3,(H,18,23). The molecule has 2 heterocycles. The highest BCUT2D eigenvalue weighted by atomic mass is 16.5. The molecule has 124 valence electrons. The number of aryl methyl sites for hydroxylation is 2. The van der Waals surface area contributed by atoms with Gasteiger partial charge in [-0.1, -0.05) is 18.2 Å². The first kappa shape index (κ1) is 15.8. The van der Waals surface area contributed by atoms with Crippen LogP contribution in [0.4, 0.5) is 0 Å². The average molecular weight is 325 g/mol. The van der Waals surface area contributed by atoms with Crippen LogP contribution < -0.4 is 10.1 Å². The Morgan fingerprint density at radius 3 is 2.71 bits per heavy atom. The fraction of sp³-hybridized carbons (Fsp3) is 0.235. The molecule has 0 radical (unpaired) electrons. The summed E-state index contributed by atoms with van der Waals surface area (Å²) in [6, 6.07) is 11.1. The minimum absolute atomic E-state index is 0.225. The minimum Gasteiger partial charge on any atom is -0.471 e. The van der Waals surface area contributed by atoms with Gasteiger partial charge in [0.1, 0.15) is 11.4 Å². The van der Waals surface area contributed by atoms with Gasteiger partial charge in [0.2, 0.25) is 0 Å². The molecule has 7 nitrogen and oxygen atoms in total. The first-order valence-electron chi connectivity index (χ1n) is 7.60. The monoisotopic (exact) mass is 325 g/mol. The molecular formula is C17H19N5O2. The molecule has 0 saturated carbocycles. The van der Waals surface area contributed by atoms with E-state index in [0.29, 0.717) is 12.2 Å². The second-order valence-electron chi connectivity index (χ2n) is 5.42. The lowest BCUT2D eigenvalue weighted by molar-refractivity contribution is 0.0944. The second kappa shape index (κ2) is 6.99. The molecule has 1 amide bonds. The van der Waals surface area contributed by atoms with Crippen molar-refractivity contribution in [1.82, 2.24) is 24.9 Å². The molecule has 3 aromatic rings. The molecule has 0 spiro atoms. The average Bonchev–Trinajstić information content (AvgIpc) is 3.18. The van der Waals surface area contributed by atoms with Gasteiger partial charge in [-0.3, -0.25) is 9.48 Å². The lowest BCUT2D eigenvalue weighted by Gasteiger charge is -2.05. The van der Waals surface area contributed by atoms with E-state index in [4.69, 9.17) is 4.74 Å². The van der Waals surface area contributed by atoms with Crippen LogP contribution >= 0.6 is 0 Å². The quantitative estimate of drug-likeness (QED) is 0.751. The number of aromatic nitrogens is 4. The van der Waals surface area contributed by atoms with Crippen molar-refractivity contribution in [3.05, 3.63) is 65.7 Å². The van der Waals surface area contributed by atoms with Crippen LogP contribution in [0.2, 0.25) is 0 Å². The Hall–Kier alpha value is -3.09. The van der Waals surface area contributed by atoms with Crippen LogP contribution in [0.25, 0.3) is 0 Å². The Kier molecular flexibility index (Phi) is 4.60. The summed E-state index contributed by atoms with van der Waals surface area (Å²) in [7, 11) is 1.85. The van der Waals surface area contributed by atoms with Crippen molar-refractivity contribution in [2.75, 3.05) is 0 Å².